The van der Waals surface area contributed by atoms with Crippen LogP contribution in [0.2, 0.25) is 0 Å². The molecule has 0 aliphatic rings. The Balaban J connectivity index is 1.43. The SMILES string of the molecule is C(=N\N(c1ccccc1)c1ccc2n[nH]nc2c1)/c1ccc2[nH]c3ccccc3c2c1. The van der Waals surface area contributed by atoms with E-state index >= 15 is 0 Å². The minimum absolute atomic E-state index is 0.800. The van der Waals surface area contributed by atoms with E-state index in [9.17, 15) is 0 Å². The van der Waals surface area contributed by atoms with Crippen LogP contribution in [0, 0.1) is 0 Å². The van der Waals surface area contributed by atoms with Crippen molar-refractivity contribution in [2.75, 3.05) is 5.01 Å². The Labute approximate surface area is 177 Å². The lowest BCUT2D eigenvalue weighted by atomic mass is 10.1. The van der Waals surface area contributed by atoms with Gasteiger partial charge in [-0.25, -0.2) is 5.01 Å². The summed E-state index contributed by atoms with van der Waals surface area (Å²) in [5, 5.41) is 20.2. The Hall–Kier alpha value is -4.45. The topological polar surface area (TPSA) is 73.0 Å². The summed E-state index contributed by atoms with van der Waals surface area (Å²) in [7, 11) is 0. The van der Waals surface area contributed by atoms with Crippen LogP contribution >= 0.6 is 0 Å². The minimum Gasteiger partial charge on any atom is -0.355 e. The molecule has 0 fully saturated rings. The molecule has 6 aromatic rings. The maximum atomic E-state index is 4.84. The van der Waals surface area contributed by atoms with Crippen LogP contribution in [-0.2, 0) is 0 Å². The first-order valence-corrected chi connectivity index (χ1v) is 10.1. The second kappa shape index (κ2) is 7.11. The van der Waals surface area contributed by atoms with Crippen LogP contribution in [0.3, 0.4) is 0 Å². The molecule has 0 atom stereocenters. The highest BCUT2D eigenvalue weighted by Crippen LogP contribution is 2.29. The van der Waals surface area contributed by atoms with Gasteiger partial charge in [0.05, 0.1) is 17.6 Å². The summed E-state index contributed by atoms with van der Waals surface area (Å²) in [6, 6.07) is 30.7. The molecular weight excluding hydrogens is 384 g/mol. The number of nitrogens with zero attached hydrogens (tertiary/aromatic N) is 4. The van der Waals surface area contributed by atoms with Crippen molar-refractivity contribution in [3.05, 3.63) is 96.6 Å². The van der Waals surface area contributed by atoms with Crippen molar-refractivity contribution >= 4 is 50.4 Å². The van der Waals surface area contributed by atoms with Gasteiger partial charge in [-0.05, 0) is 54.1 Å². The lowest BCUT2D eigenvalue weighted by Gasteiger charge is -2.19. The number of para-hydroxylation sites is 2. The van der Waals surface area contributed by atoms with Gasteiger partial charge in [0, 0.05) is 21.8 Å². The zero-order chi connectivity index (χ0) is 20.6. The first kappa shape index (κ1) is 17.4. The van der Waals surface area contributed by atoms with E-state index in [-0.39, 0.29) is 0 Å². The molecule has 0 aliphatic heterocycles. The predicted molar refractivity (Wildman–Crippen MR) is 126 cm³/mol. The van der Waals surface area contributed by atoms with Crippen LogP contribution in [0.15, 0.2) is 96.1 Å². The second-order valence-electron chi connectivity index (χ2n) is 7.36. The van der Waals surface area contributed by atoms with Crippen molar-refractivity contribution in [3.8, 4) is 0 Å². The number of anilines is 2. The van der Waals surface area contributed by atoms with E-state index in [4.69, 9.17) is 5.10 Å². The molecule has 6 nitrogen and oxygen atoms in total. The summed E-state index contributed by atoms with van der Waals surface area (Å²) in [4.78, 5) is 3.47. The van der Waals surface area contributed by atoms with Gasteiger partial charge in [-0.2, -0.15) is 20.5 Å². The van der Waals surface area contributed by atoms with E-state index in [0.29, 0.717) is 0 Å². The van der Waals surface area contributed by atoms with E-state index in [1.165, 1.54) is 10.8 Å². The normalized spacial score (nSPS) is 11.7. The van der Waals surface area contributed by atoms with Crippen LogP contribution in [0.25, 0.3) is 32.8 Å². The third-order valence-electron chi connectivity index (χ3n) is 5.40. The molecule has 2 heterocycles. The zero-order valence-electron chi connectivity index (χ0n) is 16.5. The van der Waals surface area contributed by atoms with E-state index in [2.05, 4.69) is 56.8 Å². The van der Waals surface area contributed by atoms with E-state index < -0.39 is 0 Å². The largest absolute Gasteiger partial charge is 0.355 e. The number of aromatic amines is 2. The van der Waals surface area contributed by atoms with Crippen LogP contribution < -0.4 is 5.01 Å². The molecule has 6 rings (SSSR count). The summed E-state index contributed by atoms with van der Waals surface area (Å²) in [5.74, 6) is 0. The van der Waals surface area contributed by atoms with Crippen molar-refractivity contribution in [1.29, 1.82) is 0 Å². The smallest absolute Gasteiger partial charge is 0.115 e. The number of nitrogens with one attached hydrogen (secondary N) is 2. The molecule has 148 valence electrons. The summed E-state index contributed by atoms with van der Waals surface area (Å²) < 4.78 is 0. The monoisotopic (exact) mass is 402 g/mol. The maximum Gasteiger partial charge on any atom is 0.115 e. The number of H-pyrrole nitrogens is 2. The number of benzene rings is 4. The number of hydrogen-bond donors (Lipinski definition) is 2. The first-order valence-electron chi connectivity index (χ1n) is 10.1. The quantitative estimate of drug-likeness (QED) is 0.291. The Bertz CT molecular complexity index is 1540. The van der Waals surface area contributed by atoms with Crippen LogP contribution in [0.4, 0.5) is 11.4 Å². The fraction of sp³-hybridized carbons (Fsp3) is 0. The van der Waals surface area contributed by atoms with E-state index in [0.717, 1.165) is 39.0 Å². The van der Waals surface area contributed by atoms with Gasteiger partial charge in [-0.15, -0.1) is 0 Å². The lowest BCUT2D eigenvalue weighted by Crippen LogP contribution is -2.09. The van der Waals surface area contributed by atoms with E-state index in [1.54, 1.807) is 0 Å². The number of hydrazone groups is 1. The Morgan fingerprint density at radius 1 is 0.677 bits per heavy atom. The van der Waals surface area contributed by atoms with Gasteiger partial charge in [-0.3, -0.25) is 0 Å². The van der Waals surface area contributed by atoms with Crippen molar-refractivity contribution < 1.29 is 0 Å². The Morgan fingerprint density at radius 2 is 1.48 bits per heavy atom. The highest BCUT2D eigenvalue weighted by atomic mass is 15.5. The molecule has 0 amide bonds. The first-order chi connectivity index (χ1) is 15.3. The number of hydrogen-bond acceptors (Lipinski definition) is 4. The summed E-state index contributed by atoms with van der Waals surface area (Å²) in [5.41, 5.74) is 6.79. The Morgan fingerprint density at radius 3 is 2.42 bits per heavy atom. The molecule has 2 N–H and O–H groups in total. The molecule has 0 unspecified atom stereocenters. The van der Waals surface area contributed by atoms with Gasteiger partial charge in [-0.1, -0.05) is 42.5 Å². The maximum absolute atomic E-state index is 4.84. The van der Waals surface area contributed by atoms with Crippen LogP contribution in [0.5, 0.6) is 0 Å². The average Bonchev–Trinajstić information content (AvgIpc) is 3.44. The lowest BCUT2D eigenvalue weighted by molar-refractivity contribution is 0.959. The molecule has 2 aromatic heterocycles. The molecule has 0 spiro atoms. The molecule has 0 bridgehead atoms. The summed E-state index contributed by atoms with van der Waals surface area (Å²) >= 11 is 0. The highest BCUT2D eigenvalue weighted by Gasteiger charge is 2.10. The number of fused-ring (bicyclic) bond motifs is 4. The second-order valence-corrected chi connectivity index (χ2v) is 7.36. The van der Waals surface area contributed by atoms with Crippen LogP contribution in [0.1, 0.15) is 5.56 Å². The van der Waals surface area contributed by atoms with Crippen molar-refractivity contribution in [3.63, 3.8) is 0 Å². The summed E-state index contributed by atoms with van der Waals surface area (Å²) in [6.07, 6.45) is 1.89. The van der Waals surface area contributed by atoms with Crippen molar-refractivity contribution in [2.45, 2.75) is 0 Å². The molecule has 0 radical (unpaired) electrons. The molecule has 0 saturated carbocycles. The third kappa shape index (κ3) is 3.11. The van der Waals surface area contributed by atoms with Gasteiger partial charge < -0.3 is 4.98 Å². The van der Waals surface area contributed by atoms with Gasteiger partial charge in [0.15, 0.2) is 0 Å². The van der Waals surface area contributed by atoms with Gasteiger partial charge in [0.25, 0.3) is 0 Å². The summed E-state index contributed by atoms with van der Waals surface area (Å²) in [6.45, 7) is 0. The average molecular weight is 402 g/mol. The Kier molecular flexibility index (Phi) is 3.99. The molecule has 4 aromatic carbocycles. The standard InChI is InChI=1S/C25H18N6/c1-2-6-18(7-3-1)31(19-11-13-24-25(15-19)29-30-28-24)26-16-17-10-12-23-21(14-17)20-8-4-5-9-22(20)27-23/h1-16,27H,(H,28,29,30)/b26-16+. The number of rotatable bonds is 4. The van der Waals surface area contributed by atoms with Crippen molar-refractivity contribution in [1.82, 2.24) is 20.4 Å². The van der Waals surface area contributed by atoms with Gasteiger partial charge >= 0.3 is 0 Å². The fourth-order valence-corrected chi connectivity index (χ4v) is 3.88. The highest BCUT2D eigenvalue weighted by molar-refractivity contribution is 6.08. The minimum atomic E-state index is 0.800. The zero-order valence-corrected chi connectivity index (χ0v) is 16.5. The van der Waals surface area contributed by atoms with E-state index in [1.807, 2.05) is 65.8 Å². The molecule has 6 heteroatoms. The fourth-order valence-electron chi connectivity index (χ4n) is 3.88. The predicted octanol–water partition coefficient (Wildman–Crippen LogP) is 5.76. The van der Waals surface area contributed by atoms with Gasteiger partial charge in [0.2, 0.25) is 0 Å². The third-order valence-corrected chi connectivity index (χ3v) is 5.40. The molecule has 0 aliphatic carbocycles. The van der Waals surface area contributed by atoms with Crippen molar-refractivity contribution in [2.24, 2.45) is 5.10 Å². The number of aromatic nitrogens is 4. The molecular formula is C25H18N6. The molecule has 0 saturated heterocycles. The molecule has 31 heavy (non-hydrogen) atoms. The van der Waals surface area contributed by atoms with Gasteiger partial charge in [0.1, 0.15) is 11.0 Å². The van der Waals surface area contributed by atoms with Crippen LogP contribution in [-0.4, -0.2) is 26.6 Å².